The zero-order valence-corrected chi connectivity index (χ0v) is 25.4. The lowest BCUT2D eigenvalue weighted by Gasteiger charge is -2.45. The van der Waals surface area contributed by atoms with Gasteiger partial charge < -0.3 is 9.30 Å². The Bertz CT molecular complexity index is 1300. The molecule has 7 atom stereocenters. The van der Waals surface area contributed by atoms with Crippen LogP contribution >= 0.6 is 7.14 Å². The van der Waals surface area contributed by atoms with Crippen LogP contribution in [0.2, 0.25) is 0 Å². The van der Waals surface area contributed by atoms with Crippen molar-refractivity contribution in [3.8, 4) is 0 Å². The summed E-state index contributed by atoms with van der Waals surface area (Å²) in [5.74, 6) is 2.00. The predicted molar refractivity (Wildman–Crippen MR) is 165 cm³/mol. The van der Waals surface area contributed by atoms with Gasteiger partial charge in [0.15, 0.2) is 0 Å². The molecule has 4 aliphatic rings. The molecule has 2 aromatic rings. The summed E-state index contributed by atoms with van der Waals surface area (Å²) < 4.78 is 20.5. The van der Waals surface area contributed by atoms with Gasteiger partial charge in [-0.1, -0.05) is 92.7 Å². The summed E-state index contributed by atoms with van der Waals surface area (Å²) >= 11 is 0. The zero-order chi connectivity index (χ0) is 28.1. The molecular weight excluding hydrogens is 511 g/mol. The van der Waals surface area contributed by atoms with E-state index in [-0.39, 0.29) is 22.9 Å². The molecule has 0 amide bonds. The van der Waals surface area contributed by atoms with Gasteiger partial charge in [0, 0.05) is 29.1 Å². The van der Waals surface area contributed by atoms with Crippen LogP contribution in [0.15, 0.2) is 84.5 Å². The van der Waals surface area contributed by atoms with Crippen LogP contribution in [0.4, 0.5) is 0 Å². The van der Waals surface area contributed by atoms with Crippen LogP contribution in [0.5, 0.6) is 0 Å². The molecule has 2 aromatic carbocycles. The largest absolute Gasteiger partial charge is 0.458 e. The Labute approximate surface area is 240 Å². The molecule has 0 aromatic heterocycles. The van der Waals surface area contributed by atoms with E-state index in [9.17, 15) is 9.36 Å². The highest BCUT2D eigenvalue weighted by molar-refractivity contribution is 7.78. The quantitative estimate of drug-likeness (QED) is 0.188. The molecule has 0 aliphatic heterocycles. The van der Waals surface area contributed by atoms with Crippen molar-refractivity contribution < 1.29 is 14.1 Å². The fraction of sp³-hybridized carbons (Fsp3) is 0.528. The van der Waals surface area contributed by atoms with Gasteiger partial charge in [0.25, 0.3) is 0 Å². The first-order chi connectivity index (χ1) is 19.2. The fourth-order valence-corrected chi connectivity index (χ4v) is 12.4. The van der Waals surface area contributed by atoms with Crippen LogP contribution in [0.3, 0.4) is 0 Å². The molecule has 212 valence electrons. The summed E-state index contributed by atoms with van der Waals surface area (Å²) in [5, 5.41) is 1.97. The van der Waals surface area contributed by atoms with Gasteiger partial charge in [0.05, 0.1) is 0 Å². The molecule has 4 saturated carbocycles. The molecule has 0 bridgehead atoms. The minimum atomic E-state index is -2.74. The maximum Gasteiger partial charge on any atom is 0.303 e. The van der Waals surface area contributed by atoms with Crippen molar-refractivity contribution in [2.75, 3.05) is 6.16 Å². The molecule has 5 unspecified atom stereocenters. The molecule has 4 aliphatic carbocycles. The van der Waals surface area contributed by atoms with Gasteiger partial charge in [-0.15, -0.1) is 0 Å². The van der Waals surface area contributed by atoms with Crippen molar-refractivity contribution >= 4 is 23.7 Å². The molecule has 0 heterocycles. The second-order valence-corrected chi connectivity index (χ2v) is 16.4. The molecule has 0 spiro atoms. The molecular formula is C36H45O3P. The van der Waals surface area contributed by atoms with Gasteiger partial charge in [0.1, 0.15) is 13.2 Å². The summed E-state index contributed by atoms with van der Waals surface area (Å²) in [6.07, 6.45) is 12.6. The summed E-state index contributed by atoms with van der Waals surface area (Å²) in [4.78, 5) is 11.6. The lowest BCUT2D eigenvalue weighted by Crippen LogP contribution is -2.37. The predicted octanol–water partition coefficient (Wildman–Crippen LogP) is 8.07. The van der Waals surface area contributed by atoms with Crippen molar-refractivity contribution in [2.24, 2.45) is 34.5 Å². The molecule has 4 heteroatoms. The van der Waals surface area contributed by atoms with Crippen molar-refractivity contribution in [1.29, 1.82) is 0 Å². The number of benzene rings is 2. The second kappa shape index (κ2) is 10.5. The molecule has 6 rings (SSSR count). The first kappa shape index (κ1) is 27.8. The van der Waals surface area contributed by atoms with E-state index in [0.29, 0.717) is 23.7 Å². The van der Waals surface area contributed by atoms with Crippen molar-refractivity contribution in [3.63, 3.8) is 0 Å². The number of fused-ring (bicyclic) bond motifs is 2. The highest BCUT2D eigenvalue weighted by Gasteiger charge is 2.63. The summed E-state index contributed by atoms with van der Waals surface area (Å²) in [6, 6.07) is 20.4. The second-order valence-electron chi connectivity index (χ2n) is 13.6. The van der Waals surface area contributed by atoms with Crippen molar-refractivity contribution in [1.82, 2.24) is 0 Å². The van der Waals surface area contributed by atoms with Crippen LogP contribution in [0, 0.1) is 34.5 Å². The number of rotatable bonds is 8. The summed E-state index contributed by atoms with van der Waals surface area (Å²) in [7, 11) is -2.74. The number of hydrogen-bond donors (Lipinski definition) is 0. The van der Waals surface area contributed by atoms with Gasteiger partial charge in [-0.2, -0.15) is 0 Å². The van der Waals surface area contributed by atoms with Crippen LogP contribution in [0.1, 0.15) is 72.1 Å². The topological polar surface area (TPSA) is 43.4 Å². The Morgan fingerprint density at radius 1 is 1.10 bits per heavy atom. The van der Waals surface area contributed by atoms with E-state index in [2.05, 4.69) is 50.8 Å². The number of hydrogen-bond acceptors (Lipinski definition) is 3. The lowest BCUT2D eigenvalue weighted by atomic mass is 9.61. The Balaban J connectivity index is 1.20. The van der Waals surface area contributed by atoms with Gasteiger partial charge in [0.2, 0.25) is 0 Å². The van der Waals surface area contributed by atoms with E-state index in [4.69, 9.17) is 4.74 Å². The lowest BCUT2D eigenvalue weighted by molar-refractivity contribution is -0.144. The number of carbonyl (C=O) groups excluding carboxylic acids is 1. The third-order valence-corrected chi connectivity index (χ3v) is 14.8. The van der Waals surface area contributed by atoms with E-state index < -0.39 is 7.14 Å². The van der Waals surface area contributed by atoms with E-state index in [1.54, 1.807) is 5.57 Å². The van der Waals surface area contributed by atoms with Crippen LogP contribution < -0.4 is 10.6 Å². The number of allylic oxidation sites excluding steroid dienone is 2. The van der Waals surface area contributed by atoms with Crippen LogP contribution in [-0.2, 0) is 14.1 Å². The normalized spacial score (nSPS) is 34.8. The first-order valence-corrected chi connectivity index (χ1v) is 17.3. The average molecular weight is 557 g/mol. The number of ether oxygens (including phenoxy) is 1. The Morgan fingerprint density at radius 2 is 1.75 bits per heavy atom. The van der Waals surface area contributed by atoms with E-state index in [1.165, 1.54) is 45.4 Å². The van der Waals surface area contributed by atoms with Crippen molar-refractivity contribution in [3.05, 3.63) is 84.5 Å². The Morgan fingerprint density at radius 3 is 2.38 bits per heavy atom. The van der Waals surface area contributed by atoms with Gasteiger partial charge in [-0.3, -0.25) is 4.79 Å². The Kier molecular flexibility index (Phi) is 7.27. The number of esters is 1. The highest BCUT2D eigenvalue weighted by atomic mass is 31.2. The van der Waals surface area contributed by atoms with Crippen molar-refractivity contribution in [2.45, 2.75) is 78.2 Å². The van der Waals surface area contributed by atoms with E-state index >= 15 is 0 Å². The van der Waals surface area contributed by atoms with Crippen LogP contribution in [0.25, 0.3) is 0 Å². The smallest absolute Gasteiger partial charge is 0.303 e. The Hall–Kier alpha value is -2.38. The SMILES string of the molecule is C=C1C(OC(C)=O)CC2CC12C/C=C1\CCC[C@@]2(C)C1CCC2[C@H](C)CP(=O)(c1ccccc1)c1ccccc1. The molecule has 40 heavy (non-hydrogen) atoms. The first-order valence-electron chi connectivity index (χ1n) is 15.4. The maximum atomic E-state index is 14.9. The summed E-state index contributed by atoms with van der Waals surface area (Å²) in [5.41, 5.74) is 3.22. The van der Waals surface area contributed by atoms with E-state index in [0.717, 1.165) is 35.2 Å². The molecule has 4 fully saturated rings. The third-order valence-electron chi connectivity index (χ3n) is 11.4. The minimum absolute atomic E-state index is 0.0899. The molecule has 3 nitrogen and oxygen atoms in total. The average Bonchev–Trinajstić information content (AvgIpc) is 3.43. The minimum Gasteiger partial charge on any atom is -0.458 e. The van der Waals surface area contributed by atoms with E-state index in [1.807, 2.05) is 36.4 Å². The zero-order valence-electron chi connectivity index (χ0n) is 24.5. The van der Waals surface area contributed by atoms with Gasteiger partial charge in [-0.05, 0) is 86.0 Å². The number of carbonyl (C=O) groups is 1. The highest BCUT2D eigenvalue weighted by Crippen LogP contribution is 2.69. The molecule has 0 radical (unpaired) electrons. The fourth-order valence-electron chi connectivity index (χ4n) is 9.31. The standard InChI is InChI=1S/C36H45O3P/c1-25(24-40(38,30-13-7-5-8-14-30)31-15-9-6-10-16-31)32-17-18-33-28(12-11-20-35(32,33)4)19-21-36-23-29(36)22-34(26(36)2)39-27(3)37/h5-10,13-16,19,25,29,32-34H,2,11-12,17-18,20-24H2,1,3-4H3/b28-19+/t25-,29?,32?,33?,34?,35-,36?/m1/s1. The third kappa shape index (κ3) is 4.67. The molecule has 0 saturated heterocycles. The van der Waals surface area contributed by atoms with Gasteiger partial charge >= 0.3 is 5.97 Å². The molecule has 0 N–H and O–H groups in total. The van der Waals surface area contributed by atoms with Gasteiger partial charge in [-0.25, -0.2) is 0 Å². The van der Waals surface area contributed by atoms with Crippen LogP contribution in [-0.4, -0.2) is 18.2 Å². The monoisotopic (exact) mass is 556 g/mol. The maximum absolute atomic E-state index is 14.9. The summed E-state index contributed by atoms with van der Waals surface area (Å²) in [6.45, 7) is 10.8.